The van der Waals surface area contributed by atoms with Crippen molar-refractivity contribution in [3.63, 3.8) is 0 Å². The summed E-state index contributed by atoms with van der Waals surface area (Å²) in [5.74, 6) is -0.173. The SMILES string of the molecule is O=C(Nc1cccc(F)c1)c1cccc(Nc2ccc(-c3ccccc3)nn2)c1. The zero-order valence-electron chi connectivity index (χ0n) is 15.3. The summed E-state index contributed by atoms with van der Waals surface area (Å²) in [5.41, 5.74) is 3.30. The third-order valence-corrected chi connectivity index (χ3v) is 4.21. The number of rotatable bonds is 5. The summed E-state index contributed by atoms with van der Waals surface area (Å²) < 4.78 is 13.3. The van der Waals surface area contributed by atoms with Gasteiger partial charge in [-0.05, 0) is 48.5 Å². The standard InChI is InChI=1S/C23H17FN4O/c24-18-9-5-11-20(15-18)26-23(29)17-8-4-10-19(14-17)25-22-13-12-21(27-28-22)16-6-2-1-3-7-16/h1-15H,(H,25,28)(H,26,29). The predicted molar refractivity (Wildman–Crippen MR) is 112 cm³/mol. The number of amides is 1. The number of hydrogen-bond acceptors (Lipinski definition) is 4. The van der Waals surface area contributed by atoms with E-state index in [4.69, 9.17) is 0 Å². The zero-order chi connectivity index (χ0) is 20.1. The van der Waals surface area contributed by atoms with Crippen LogP contribution in [0.25, 0.3) is 11.3 Å². The maximum Gasteiger partial charge on any atom is 0.255 e. The van der Waals surface area contributed by atoms with Gasteiger partial charge in [0.2, 0.25) is 0 Å². The van der Waals surface area contributed by atoms with Gasteiger partial charge in [0.1, 0.15) is 5.82 Å². The quantitative estimate of drug-likeness (QED) is 0.491. The summed E-state index contributed by atoms with van der Waals surface area (Å²) in [6, 6.07) is 26.2. The Hall–Kier alpha value is -4.06. The molecule has 6 heteroatoms. The predicted octanol–water partition coefficient (Wildman–Crippen LogP) is 5.28. The van der Waals surface area contributed by atoms with E-state index < -0.39 is 5.82 Å². The van der Waals surface area contributed by atoms with Crippen molar-refractivity contribution in [1.29, 1.82) is 0 Å². The van der Waals surface area contributed by atoms with Crippen LogP contribution < -0.4 is 10.6 Å². The molecule has 1 heterocycles. The highest BCUT2D eigenvalue weighted by atomic mass is 19.1. The van der Waals surface area contributed by atoms with Crippen molar-refractivity contribution < 1.29 is 9.18 Å². The second kappa shape index (κ2) is 8.31. The number of nitrogens with zero attached hydrogens (tertiary/aromatic N) is 2. The fourth-order valence-corrected chi connectivity index (χ4v) is 2.82. The lowest BCUT2D eigenvalue weighted by atomic mass is 10.1. The second-order valence-corrected chi connectivity index (χ2v) is 6.34. The number of carbonyl (C=O) groups is 1. The van der Waals surface area contributed by atoms with Crippen LogP contribution in [0, 0.1) is 5.82 Å². The molecule has 0 spiro atoms. The van der Waals surface area contributed by atoms with E-state index in [1.165, 1.54) is 12.1 Å². The Bertz CT molecular complexity index is 1130. The van der Waals surface area contributed by atoms with Crippen LogP contribution in [0.5, 0.6) is 0 Å². The number of carbonyl (C=O) groups excluding carboxylic acids is 1. The number of hydrogen-bond donors (Lipinski definition) is 2. The van der Waals surface area contributed by atoms with Crippen molar-refractivity contribution in [1.82, 2.24) is 10.2 Å². The Morgan fingerprint density at radius 3 is 2.31 bits per heavy atom. The van der Waals surface area contributed by atoms with Gasteiger partial charge in [-0.2, -0.15) is 0 Å². The first kappa shape index (κ1) is 18.3. The van der Waals surface area contributed by atoms with E-state index in [0.29, 0.717) is 22.8 Å². The molecule has 1 amide bonds. The highest BCUT2D eigenvalue weighted by molar-refractivity contribution is 6.04. The van der Waals surface area contributed by atoms with E-state index >= 15 is 0 Å². The maximum absolute atomic E-state index is 13.3. The summed E-state index contributed by atoms with van der Waals surface area (Å²) in [7, 11) is 0. The van der Waals surface area contributed by atoms with Crippen LogP contribution in [-0.4, -0.2) is 16.1 Å². The van der Waals surface area contributed by atoms with Crippen LogP contribution in [0.1, 0.15) is 10.4 Å². The topological polar surface area (TPSA) is 66.9 Å². The van der Waals surface area contributed by atoms with Gasteiger partial charge >= 0.3 is 0 Å². The number of benzene rings is 3. The molecule has 3 aromatic carbocycles. The van der Waals surface area contributed by atoms with Crippen molar-refractivity contribution in [2.24, 2.45) is 0 Å². The Balaban J connectivity index is 1.47. The number of nitrogens with one attached hydrogen (secondary N) is 2. The van der Waals surface area contributed by atoms with Crippen LogP contribution in [-0.2, 0) is 0 Å². The largest absolute Gasteiger partial charge is 0.339 e. The molecule has 5 nitrogen and oxygen atoms in total. The third kappa shape index (κ3) is 4.62. The van der Waals surface area contributed by atoms with E-state index in [-0.39, 0.29) is 5.91 Å². The smallest absolute Gasteiger partial charge is 0.255 e. The van der Waals surface area contributed by atoms with Gasteiger partial charge in [-0.25, -0.2) is 4.39 Å². The Morgan fingerprint density at radius 2 is 1.55 bits per heavy atom. The van der Waals surface area contributed by atoms with E-state index in [1.807, 2.05) is 48.5 Å². The van der Waals surface area contributed by atoms with Crippen molar-refractivity contribution in [3.8, 4) is 11.3 Å². The molecule has 0 bridgehead atoms. The van der Waals surface area contributed by atoms with Crippen LogP contribution in [0.2, 0.25) is 0 Å². The highest BCUT2D eigenvalue weighted by Crippen LogP contribution is 2.20. The molecule has 4 aromatic rings. The van der Waals surface area contributed by atoms with Gasteiger partial charge in [-0.15, -0.1) is 10.2 Å². The molecule has 1 aromatic heterocycles. The molecule has 2 N–H and O–H groups in total. The Labute approximate surface area is 167 Å². The van der Waals surface area contributed by atoms with Crippen molar-refractivity contribution >= 4 is 23.1 Å². The van der Waals surface area contributed by atoms with Crippen LogP contribution in [0.4, 0.5) is 21.6 Å². The average molecular weight is 384 g/mol. The minimum absolute atomic E-state index is 0.329. The Kier molecular flexibility index (Phi) is 5.25. The lowest BCUT2D eigenvalue weighted by Gasteiger charge is -2.09. The summed E-state index contributed by atoms with van der Waals surface area (Å²) in [6.07, 6.45) is 0. The number of anilines is 3. The first-order valence-corrected chi connectivity index (χ1v) is 9.00. The van der Waals surface area contributed by atoms with Gasteiger partial charge in [0.25, 0.3) is 5.91 Å². The molecule has 0 fully saturated rings. The first-order valence-electron chi connectivity index (χ1n) is 9.00. The molecule has 0 atom stereocenters. The molecular formula is C23H17FN4O. The minimum Gasteiger partial charge on any atom is -0.339 e. The van der Waals surface area contributed by atoms with Gasteiger partial charge in [0, 0.05) is 22.5 Å². The molecule has 0 saturated carbocycles. The molecule has 0 saturated heterocycles. The minimum atomic E-state index is -0.407. The Morgan fingerprint density at radius 1 is 0.759 bits per heavy atom. The van der Waals surface area contributed by atoms with Gasteiger partial charge in [0.05, 0.1) is 5.69 Å². The molecule has 0 unspecified atom stereocenters. The highest BCUT2D eigenvalue weighted by Gasteiger charge is 2.08. The summed E-state index contributed by atoms with van der Waals surface area (Å²) in [5, 5.41) is 14.3. The fraction of sp³-hybridized carbons (Fsp3) is 0. The lowest BCUT2D eigenvalue weighted by Crippen LogP contribution is -2.12. The van der Waals surface area contributed by atoms with Crippen molar-refractivity contribution in [2.75, 3.05) is 10.6 Å². The zero-order valence-corrected chi connectivity index (χ0v) is 15.3. The van der Waals surface area contributed by atoms with Crippen LogP contribution >= 0.6 is 0 Å². The molecule has 0 radical (unpaired) electrons. The maximum atomic E-state index is 13.3. The summed E-state index contributed by atoms with van der Waals surface area (Å²) >= 11 is 0. The van der Waals surface area contributed by atoms with Crippen LogP contribution in [0.15, 0.2) is 91.0 Å². The van der Waals surface area contributed by atoms with Gasteiger partial charge in [-0.1, -0.05) is 42.5 Å². The normalized spacial score (nSPS) is 10.4. The summed E-state index contributed by atoms with van der Waals surface area (Å²) in [6.45, 7) is 0. The van der Waals surface area contributed by atoms with E-state index in [9.17, 15) is 9.18 Å². The second-order valence-electron chi connectivity index (χ2n) is 6.34. The van der Waals surface area contributed by atoms with Gasteiger partial charge in [-0.3, -0.25) is 4.79 Å². The molecule has 142 valence electrons. The van der Waals surface area contributed by atoms with E-state index in [0.717, 1.165) is 11.3 Å². The third-order valence-electron chi connectivity index (χ3n) is 4.21. The summed E-state index contributed by atoms with van der Waals surface area (Å²) in [4.78, 5) is 12.4. The van der Waals surface area contributed by atoms with Crippen molar-refractivity contribution in [2.45, 2.75) is 0 Å². The first-order chi connectivity index (χ1) is 14.2. The number of aromatic nitrogens is 2. The molecule has 0 aliphatic rings. The van der Waals surface area contributed by atoms with Gasteiger partial charge in [0.15, 0.2) is 5.82 Å². The van der Waals surface area contributed by atoms with Crippen molar-refractivity contribution in [3.05, 3.63) is 102 Å². The molecular weight excluding hydrogens is 367 g/mol. The van der Waals surface area contributed by atoms with E-state index in [2.05, 4.69) is 20.8 Å². The average Bonchev–Trinajstić information content (AvgIpc) is 2.75. The molecule has 0 aliphatic carbocycles. The molecule has 4 rings (SSSR count). The fourth-order valence-electron chi connectivity index (χ4n) is 2.82. The molecule has 29 heavy (non-hydrogen) atoms. The van der Waals surface area contributed by atoms with E-state index in [1.54, 1.807) is 30.3 Å². The lowest BCUT2D eigenvalue weighted by molar-refractivity contribution is 0.102. The monoisotopic (exact) mass is 384 g/mol. The molecule has 0 aliphatic heterocycles. The van der Waals surface area contributed by atoms with Gasteiger partial charge < -0.3 is 10.6 Å². The van der Waals surface area contributed by atoms with Crippen LogP contribution in [0.3, 0.4) is 0 Å². The number of halogens is 1.